The monoisotopic (exact) mass is 155 g/mol. The van der Waals surface area contributed by atoms with Crippen molar-refractivity contribution in [1.82, 2.24) is 4.90 Å². The molecule has 0 amide bonds. The molecule has 0 aliphatic heterocycles. The molecule has 0 bridgehead atoms. The van der Waals surface area contributed by atoms with Gasteiger partial charge in [-0.1, -0.05) is 12.2 Å². The van der Waals surface area contributed by atoms with E-state index in [2.05, 4.69) is 6.58 Å². The molecule has 0 aromatic heterocycles. The maximum Gasteiger partial charge on any atom is 0.186 e. The van der Waals surface area contributed by atoms with Crippen LogP contribution in [0.25, 0.3) is 0 Å². The normalized spacial score (nSPS) is 11.4. The van der Waals surface area contributed by atoms with Crippen LogP contribution in [0, 0.1) is 0 Å². The van der Waals surface area contributed by atoms with Crippen LogP contribution in [0.4, 0.5) is 0 Å². The van der Waals surface area contributed by atoms with Gasteiger partial charge in [0.25, 0.3) is 0 Å². The highest BCUT2D eigenvalue weighted by Crippen LogP contribution is 2.02. The van der Waals surface area contributed by atoms with Crippen molar-refractivity contribution in [3.8, 4) is 0 Å². The van der Waals surface area contributed by atoms with Crippen molar-refractivity contribution in [3.63, 3.8) is 0 Å². The molecule has 0 aromatic carbocycles. The Hall–Kier alpha value is -0.920. The van der Waals surface area contributed by atoms with E-state index in [1.165, 1.54) is 0 Å². The Bertz CT molecular complexity index is 157. The molecule has 0 atom stereocenters. The Morgan fingerprint density at radius 1 is 1.45 bits per heavy atom. The van der Waals surface area contributed by atoms with Gasteiger partial charge in [-0.25, -0.2) is 0 Å². The highest BCUT2D eigenvalue weighted by Gasteiger charge is 2.00. The molecule has 2 heteroatoms. The van der Waals surface area contributed by atoms with Crippen LogP contribution in [0.5, 0.6) is 0 Å². The fourth-order valence-corrected chi connectivity index (χ4v) is 0.859. The summed E-state index contributed by atoms with van der Waals surface area (Å²) in [6.45, 7) is 11.2. The largest absolute Gasteiger partial charge is 0.495 e. The Balaban J connectivity index is 4.18. The second kappa shape index (κ2) is 4.83. The SMILES string of the molecule is C=C(C)/C=C(/O)N(CC)CC. The van der Waals surface area contributed by atoms with Crippen LogP contribution >= 0.6 is 0 Å². The highest BCUT2D eigenvalue weighted by molar-refractivity contribution is 5.13. The molecular formula is C9H17NO. The zero-order chi connectivity index (χ0) is 8.85. The summed E-state index contributed by atoms with van der Waals surface area (Å²) in [6.07, 6.45) is 1.67. The van der Waals surface area contributed by atoms with E-state index in [9.17, 15) is 5.11 Å². The van der Waals surface area contributed by atoms with Crippen LogP contribution in [-0.2, 0) is 0 Å². The van der Waals surface area contributed by atoms with Crippen LogP contribution in [0.1, 0.15) is 20.8 Å². The quantitative estimate of drug-likeness (QED) is 0.497. The van der Waals surface area contributed by atoms with E-state index in [0.717, 1.165) is 18.7 Å². The van der Waals surface area contributed by atoms with Gasteiger partial charge in [-0.05, 0) is 20.8 Å². The van der Waals surface area contributed by atoms with Crippen LogP contribution in [0.3, 0.4) is 0 Å². The maximum absolute atomic E-state index is 9.41. The maximum atomic E-state index is 9.41. The van der Waals surface area contributed by atoms with E-state index < -0.39 is 0 Å². The van der Waals surface area contributed by atoms with Gasteiger partial charge in [0, 0.05) is 19.2 Å². The molecule has 64 valence electrons. The summed E-state index contributed by atoms with van der Waals surface area (Å²) >= 11 is 0. The van der Waals surface area contributed by atoms with Gasteiger partial charge in [-0.3, -0.25) is 0 Å². The van der Waals surface area contributed by atoms with E-state index in [1.807, 2.05) is 25.7 Å². The molecule has 1 N–H and O–H groups in total. The molecule has 0 rings (SSSR count). The van der Waals surface area contributed by atoms with Crippen molar-refractivity contribution >= 4 is 0 Å². The number of hydrogen-bond acceptors (Lipinski definition) is 2. The van der Waals surface area contributed by atoms with Crippen LogP contribution in [0.2, 0.25) is 0 Å². The predicted octanol–water partition coefficient (Wildman–Crippen LogP) is 2.30. The van der Waals surface area contributed by atoms with E-state index in [4.69, 9.17) is 0 Å². The van der Waals surface area contributed by atoms with Crippen LogP contribution in [-0.4, -0.2) is 23.1 Å². The summed E-state index contributed by atoms with van der Waals surface area (Å²) in [5, 5.41) is 9.41. The number of allylic oxidation sites excluding steroid dienone is 2. The van der Waals surface area contributed by atoms with Crippen LogP contribution in [0.15, 0.2) is 24.1 Å². The Morgan fingerprint density at radius 3 is 2.18 bits per heavy atom. The van der Waals surface area contributed by atoms with Gasteiger partial charge in [0.2, 0.25) is 0 Å². The summed E-state index contributed by atoms with van der Waals surface area (Å²) in [5.74, 6) is 0.308. The molecule has 0 unspecified atom stereocenters. The third kappa shape index (κ3) is 3.71. The first kappa shape index (κ1) is 10.1. The third-order valence-corrected chi connectivity index (χ3v) is 1.46. The van der Waals surface area contributed by atoms with Gasteiger partial charge < -0.3 is 10.0 Å². The van der Waals surface area contributed by atoms with Crippen molar-refractivity contribution in [2.45, 2.75) is 20.8 Å². The molecule has 0 saturated carbocycles. The average molecular weight is 155 g/mol. The zero-order valence-corrected chi connectivity index (χ0v) is 7.59. The summed E-state index contributed by atoms with van der Waals surface area (Å²) in [7, 11) is 0. The summed E-state index contributed by atoms with van der Waals surface area (Å²) in [4.78, 5) is 1.87. The minimum absolute atomic E-state index is 0.308. The Morgan fingerprint density at radius 2 is 1.91 bits per heavy atom. The second-order valence-corrected chi connectivity index (χ2v) is 2.52. The van der Waals surface area contributed by atoms with Gasteiger partial charge >= 0.3 is 0 Å². The summed E-state index contributed by atoms with van der Waals surface area (Å²) in [6, 6.07) is 0. The van der Waals surface area contributed by atoms with Crippen molar-refractivity contribution in [1.29, 1.82) is 0 Å². The van der Waals surface area contributed by atoms with E-state index in [1.54, 1.807) is 6.08 Å². The predicted molar refractivity (Wildman–Crippen MR) is 48.4 cm³/mol. The number of aliphatic hydroxyl groups is 1. The molecule has 0 saturated heterocycles. The second-order valence-electron chi connectivity index (χ2n) is 2.52. The fraction of sp³-hybridized carbons (Fsp3) is 0.556. The lowest BCUT2D eigenvalue weighted by atomic mass is 10.3. The lowest BCUT2D eigenvalue weighted by molar-refractivity contribution is 0.216. The first-order chi connectivity index (χ1) is 5.11. The van der Waals surface area contributed by atoms with Crippen LogP contribution < -0.4 is 0 Å². The molecule has 11 heavy (non-hydrogen) atoms. The number of aliphatic hydroxyl groups excluding tert-OH is 1. The number of rotatable bonds is 4. The van der Waals surface area contributed by atoms with Crippen molar-refractivity contribution in [2.24, 2.45) is 0 Å². The molecule has 0 spiro atoms. The molecule has 0 aliphatic carbocycles. The Kier molecular flexibility index (Phi) is 4.42. The van der Waals surface area contributed by atoms with Gasteiger partial charge in [0.1, 0.15) is 0 Å². The molecule has 0 aromatic rings. The Labute approximate surface area is 68.8 Å². The number of nitrogens with zero attached hydrogens (tertiary/aromatic N) is 1. The topological polar surface area (TPSA) is 23.5 Å². The molecule has 0 aliphatic rings. The van der Waals surface area contributed by atoms with Crippen molar-refractivity contribution in [3.05, 3.63) is 24.1 Å². The van der Waals surface area contributed by atoms with E-state index in [-0.39, 0.29) is 0 Å². The van der Waals surface area contributed by atoms with Gasteiger partial charge in [-0.2, -0.15) is 0 Å². The lowest BCUT2D eigenvalue weighted by Gasteiger charge is -2.19. The first-order valence-corrected chi connectivity index (χ1v) is 3.92. The molecule has 0 heterocycles. The minimum Gasteiger partial charge on any atom is -0.495 e. The highest BCUT2D eigenvalue weighted by atomic mass is 16.3. The lowest BCUT2D eigenvalue weighted by Crippen LogP contribution is -2.21. The summed E-state index contributed by atoms with van der Waals surface area (Å²) in [5.41, 5.74) is 0.870. The van der Waals surface area contributed by atoms with E-state index in [0.29, 0.717) is 5.88 Å². The first-order valence-electron chi connectivity index (χ1n) is 3.92. The molecule has 0 radical (unpaired) electrons. The molecule has 0 fully saturated rings. The standard InChI is InChI=1S/C9H17NO/c1-5-10(6-2)9(11)7-8(3)4/h7,11H,3,5-6H2,1-2,4H3/b9-7+. The van der Waals surface area contributed by atoms with Crippen molar-refractivity contribution < 1.29 is 5.11 Å². The van der Waals surface area contributed by atoms with Gasteiger partial charge in [0.05, 0.1) is 0 Å². The minimum atomic E-state index is 0.308. The average Bonchev–Trinajstić information content (AvgIpc) is 1.88. The third-order valence-electron chi connectivity index (χ3n) is 1.46. The smallest absolute Gasteiger partial charge is 0.186 e. The van der Waals surface area contributed by atoms with E-state index >= 15 is 0 Å². The number of hydrogen-bond donors (Lipinski definition) is 1. The van der Waals surface area contributed by atoms with Crippen molar-refractivity contribution in [2.75, 3.05) is 13.1 Å². The zero-order valence-electron chi connectivity index (χ0n) is 7.59. The van der Waals surface area contributed by atoms with Gasteiger partial charge in [0.15, 0.2) is 5.88 Å². The summed E-state index contributed by atoms with van der Waals surface area (Å²) < 4.78 is 0. The molecule has 2 nitrogen and oxygen atoms in total. The fourth-order valence-electron chi connectivity index (χ4n) is 0.859. The van der Waals surface area contributed by atoms with Gasteiger partial charge in [-0.15, -0.1) is 0 Å². The molecular weight excluding hydrogens is 138 g/mol.